The van der Waals surface area contributed by atoms with Crippen molar-refractivity contribution in [2.24, 2.45) is 0 Å². The number of fused-ring (bicyclic) bond motifs is 6. The van der Waals surface area contributed by atoms with E-state index in [4.69, 9.17) is 19.9 Å². The van der Waals surface area contributed by atoms with Crippen LogP contribution in [0.5, 0.6) is 0 Å². The molecule has 0 saturated carbocycles. The van der Waals surface area contributed by atoms with Gasteiger partial charge in [0.25, 0.3) is 0 Å². The van der Waals surface area contributed by atoms with E-state index in [1.54, 1.807) is 25.1 Å². The predicted octanol–water partition coefficient (Wildman–Crippen LogP) is 21.7. The Morgan fingerprint density at radius 2 is 0.581 bits per heavy atom. The fraction of sp³-hybridized carbons (Fsp3) is 0.0241. The second kappa shape index (κ2) is 22.9. The smallest absolute Gasteiger partial charge is 0.308 e. The summed E-state index contributed by atoms with van der Waals surface area (Å²) in [4.78, 5) is 20.7. The average molecular weight is 1200 g/mol. The number of aryl methyl sites for hydroxylation is 1. The minimum Gasteiger partial charge on any atom is -0.308 e. The van der Waals surface area contributed by atoms with E-state index in [9.17, 15) is 5.26 Å². The SMILES string of the molecule is Cc1cccc(C(F)(F)F)c1-c1c(-n2c3ccc(-c4cccc(-c5ccccc5)n4)cc3c3cc(-c4cccc(-c5ccccc5)n4)ccc32)cc(C#N)cc1-n1c2ccc(-c3cccc(-c4ccccc4)n3)cc2c2cc(-c3cccc(-c4ccccc4)n3)ccc21. The Morgan fingerprint density at radius 1 is 0.301 bits per heavy atom. The van der Waals surface area contributed by atoms with E-state index in [1.165, 1.54) is 6.07 Å². The van der Waals surface area contributed by atoms with Crippen molar-refractivity contribution < 1.29 is 13.2 Å². The summed E-state index contributed by atoms with van der Waals surface area (Å²) in [6.07, 6.45) is -4.80. The van der Waals surface area contributed by atoms with Gasteiger partial charge in [0.15, 0.2) is 0 Å². The van der Waals surface area contributed by atoms with Gasteiger partial charge in [-0.15, -0.1) is 0 Å². The zero-order valence-electron chi connectivity index (χ0n) is 50.1. The third-order valence-electron chi connectivity index (χ3n) is 17.5. The van der Waals surface area contributed by atoms with Crippen molar-refractivity contribution in [2.75, 3.05) is 0 Å². The van der Waals surface area contributed by atoms with Crippen LogP contribution in [-0.4, -0.2) is 29.1 Å². The van der Waals surface area contributed by atoms with Crippen molar-refractivity contribution >= 4 is 43.6 Å². The number of hydrogen-bond acceptors (Lipinski definition) is 5. The largest absolute Gasteiger partial charge is 0.417 e. The first kappa shape index (κ1) is 56.0. The van der Waals surface area contributed by atoms with Gasteiger partial charge < -0.3 is 9.13 Å². The molecule has 0 spiro atoms. The molecule has 0 fully saturated rings. The Kier molecular flexibility index (Phi) is 13.8. The molecule has 0 unspecified atom stereocenters. The van der Waals surface area contributed by atoms with Gasteiger partial charge in [0.2, 0.25) is 0 Å². The lowest BCUT2D eigenvalue weighted by molar-refractivity contribution is -0.137. The second-order valence-electron chi connectivity index (χ2n) is 23.2. The van der Waals surface area contributed by atoms with Gasteiger partial charge in [0, 0.05) is 77.2 Å². The molecule has 6 heterocycles. The summed E-state index contributed by atoms with van der Waals surface area (Å²) in [7, 11) is 0. The maximum atomic E-state index is 16.3. The second-order valence-corrected chi connectivity index (χ2v) is 23.2. The highest BCUT2D eigenvalue weighted by atomic mass is 19.4. The molecule has 0 aliphatic carbocycles. The van der Waals surface area contributed by atoms with Crippen LogP contribution in [0.1, 0.15) is 16.7 Å². The maximum absolute atomic E-state index is 16.3. The molecular weight excluding hydrogens is 1150 g/mol. The van der Waals surface area contributed by atoms with Gasteiger partial charge >= 0.3 is 6.18 Å². The lowest BCUT2D eigenvalue weighted by atomic mass is 9.90. The molecule has 0 aliphatic rings. The average Bonchev–Trinajstić information content (AvgIpc) is 1.62. The maximum Gasteiger partial charge on any atom is 0.417 e. The van der Waals surface area contributed by atoms with Crippen LogP contribution >= 0.6 is 0 Å². The van der Waals surface area contributed by atoms with Crippen LogP contribution in [-0.2, 0) is 6.18 Å². The van der Waals surface area contributed by atoms with Crippen molar-refractivity contribution in [1.29, 1.82) is 5.26 Å². The fourth-order valence-corrected chi connectivity index (χ4v) is 13.2. The summed E-state index contributed by atoms with van der Waals surface area (Å²) >= 11 is 0. The van der Waals surface area contributed by atoms with Gasteiger partial charge in [-0.25, -0.2) is 19.9 Å². The Hall–Kier alpha value is -12.3. The number of nitriles is 1. The molecule has 0 N–H and O–H groups in total. The van der Waals surface area contributed by atoms with E-state index >= 15 is 13.2 Å². The molecule has 0 radical (unpaired) electrons. The summed E-state index contributed by atoms with van der Waals surface area (Å²) in [5.41, 5.74) is 17.1. The number of alkyl halides is 3. The Labute approximate surface area is 533 Å². The number of pyridine rings is 4. The van der Waals surface area contributed by atoms with Crippen molar-refractivity contribution in [2.45, 2.75) is 13.1 Å². The van der Waals surface area contributed by atoms with E-state index in [0.29, 0.717) is 39.0 Å². The minimum atomic E-state index is -4.80. The molecule has 0 saturated heterocycles. The number of hydrogen-bond donors (Lipinski definition) is 0. The van der Waals surface area contributed by atoms with E-state index in [0.717, 1.165) is 118 Å². The molecule has 16 aromatic rings. The molecule has 0 bridgehead atoms. The molecular formula is C83H52F3N7. The van der Waals surface area contributed by atoms with Crippen molar-refractivity contribution in [3.8, 4) is 119 Å². The van der Waals surface area contributed by atoms with E-state index < -0.39 is 11.7 Å². The molecule has 0 aliphatic heterocycles. The van der Waals surface area contributed by atoms with E-state index in [1.807, 2.05) is 252 Å². The first-order valence-electron chi connectivity index (χ1n) is 30.6. The highest BCUT2D eigenvalue weighted by Gasteiger charge is 2.37. The quantitative estimate of drug-likeness (QED) is 0.129. The summed E-state index contributed by atoms with van der Waals surface area (Å²) in [6.45, 7) is 1.73. The molecule has 16 rings (SSSR count). The first-order valence-corrected chi connectivity index (χ1v) is 30.6. The van der Waals surface area contributed by atoms with E-state index in [-0.39, 0.29) is 16.7 Å². The van der Waals surface area contributed by atoms with Gasteiger partial charge in [-0.3, -0.25) is 0 Å². The van der Waals surface area contributed by atoms with Gasteiger partial charge in [-0.05, 0) is 128 Å². The van der Waals surface area contributed by atoms with Crippen molar-refractivity contribution in [1.82, 2.24) is 29.1 Å². The lowest BCUT2D eigenvalue weighted by Gasteiger charge is -2.24. The standard InChI is InChI=1S/C83H52F3N7/c1-52-19-14-28-66(83(84,85)86)81(52)82-79(92-75-41-37-58(71-33-15-29-67(88-71)54-20-6-2-7-21-54)47-62(75)63-48-59(38-42-76(63)92)72-34-16-30-68(89-72)55-22-8-3-9-23-55)45-53(51-87)46-80(82)93-77-43-39-60(73-35-17-31-69(90-73)56-24-10-4-11-25-56)49-64(77)65-50-61(40-44-78(65)93)74-36-18-32-70(91-74)57-26-12-5-13-27-57/h2-50H,1H3. The first-order chi connectivity index (χ1) is 45.6. The van der Waals surface area contributed by atoms with E-state index in [2.05, 4.69) is 30.3 Å². The molecule has 0 atom stereocenters. The fourth-order valence-electron chi connectivity index (χ4n) is 13.2. The molecule has 10 aromatic carbocycles. The molecule has 6 aromatic heterocycles. The molecule has 7 nitrogen and oxygen atoms in total. The third-order valence-corrected chi connectivity index (χ3v) is 17.5. The normalized spacial score (nSPS) is 11.6. The van der Waals surface area contributed by atoms with Crippen LogP contribution in [0.3, 0.4) is 0 Å². The highest BCUT2D eigenvalue weighted by Crippen LogP contribution is 2.49. The molecule has 0 amide bonds. The Morgan fingerprint density at radius 3 is 0.860 bits per heavy atom. The number of benzene rings is 10. The summed E-state index contributed by atoms with van der Waals surface area (Å²) in [5, 5.41) is 14.7. The van der Waals surface area contributed by atoms with Crippen LogP contribution in [0.2, 0.25) is 0 Å². The summed E-state index contributed by atoms with van der Waals surface area (Å²) < 4.78 is 53.0. The zero-order valence-corrected chi connectivity index (χ0v) is 50.1. The zero-order chi connectivity index (χ0) is 62.7. The Balaban J connectivity index is 0.986. The molecule has 93 heavy (non-hydrogen) atoms. The number of halogens is 3. The van der Waals surface area contributed by atoms with Crippen LogP contribution in [0.15, 0.2) is 297 Å². The molecule has 10 heteroatoms. The van der Waals surface area contributed by atoms with Gasteiger partial charge in [-0.2, -0.15) is 18.4 Å². The van der Waals surface area contributed by atoms with Crippen LogP contribution in [0.25, 0.3) is 156 Å². The summed E-state index contributed by atoms with van der Waals surface area (Å²) in [5.74, 6) is 0. The van der Waals surface area contributed by atoms with Crippen LogP contribution in [0, 0.1) is 18.3 Å². The van der Waals surface area contributed by atoms with Crippen LogP contribution < -0.4 is 0 Å². The van der Waals surface area contributed by atoms with Gasteiger partial charge in [-0.1, -0.05) is 182 Å². The van der Waals surface area contributed by atoms with Crippen molar-refractivity contribution in [3.05, 3.63) is 314 Å². The number of nitrogens with zero attached hydrogens (tertiary/aromatic N) is 7. The summed E-state index contributed by atoms with van der Waals surface area (Å²) in [6, 6.07) is 98.9. The van der Waals surface area contributed by atoms with Crippen LogP contribution in [0.4, 0.5) is 13.2 Å². The minimum absolute atomic E-state index is 0.0151. The number of aromatic nitrogens is 6. The van der Waals surface area contributed by atoms with Crippen molar-refractivity contribution in [3.63, 3.8) is 0 Å². The Bertz CT molecular complexity index is 5050. The lowest BCUT2D eigenvalue weighted by Crippen LogP contribution is -2.12. The topological polar surface area (TPSA) is 85.2 Å². The third kappa shape index (κ3) is 10.1. The molecule has 440 valence electrons. The predicted molar refractivity (Wildman–Crippen MR) is 370 cm³/mol. The highest BCUT2D eigenvalue weighted by molar-refractivity contribution is 6.14. The monoisotopic (exact) mass is 1200 g/mol. The van der Waals surface area contributed by atoms with Gasteiger partial charge in [0.05, 0.1) is 96.2 Å². The van der Waals surface area contributed by atoms with Gasteiger partial charge in [0.1, 0.15) is 0 Å². The number of rotatable bonds is 11.